The minimum Gasteiger partial charge on any atom is -0.491 e. The van der Waals surface area contributed by atoms with Crippen molar-refractivity contribution < 1.29 is 32.5 Å². The predicted molar refractivity (Wildman–Crippen MR) is 144 cm³/mol. The number of alkyl halides is 3. The monoisotopic (exact) mass is 578 g/mol. The van der Waals surface area contributed by atoms with Gasteiger partial charge in [-0.1, -0.05) is 26.0 Å². The van der Waals surface area contributed by atoms with E-state index in [0.29, 0.717) is 28.5 Å². The molecule has 1 aromatic carbocycles. The minimum absolute atomic E-state index is 0.00945. The fourth-order valence-electron chi connectivity index (χ4n) is 3.67. The first-order valence-corrected chi connectivity index (χ1v) is 13.5. The summed E-state index contributed by atoms with van der Waals surface area (Å²) in [6, 6.07) is 7.29. The summed E-state index contributed by atoms with van der Waals surface area (Å²) in [7, 11) is 1.43. The SMILES string of the molecule is COCCOc1cc(-c2nc(Nc3ncc(-c4cccs4)nc3C(=O)O)sc2CC(C)C)ccc1C(F)(F)F. The number of methoxy groups -OCH3 is 1. The molecule has 0 spiro atoms. The van der Waals surface area contributed by atoms with Crippen LogP contribution in [0.1, 0.15) is 34.8 Å². The largest absolute Gasteiger partial charge is 0.491 e. The van der Waals surface area contributed by atoms with Crippen LogP contribution in [0.2, 0.25) is 0 Å². The van der Waals surface area contributed by atoms with E-state index in [9.17, 15) is 23.1 Å². The Morgan fingerprint density at radius 2 is 1.97 bits per heavy atom. The molecule has 0 amide bonds. The smallest absolute Gasteiger partial charge is 0.419 e. The molecule has 13 heteroatoms. The molecule has 0 unspecified atom stereocenters. The fraction of sp³-hybridized carbons (Fsp3) is 0.308. The molecular weight excluding hydrogens is 553 g/mol. The van der Waals surface area contributed by atoms with Gasteiger partial charge in [0.25, 0.3) is 0 Å². The van der Waals surface area contributed by atoms with Crippen molar-refractivity contribution in [2.45, 2.75) is 26.4 Å². The van der Waals surface area contributed by atoms with Gasteiger partial charge in [-0.15, -0.1) is 22.7 Å². The van der Waals surface area contributed by atoms with Crippen LogP contribution >= 0.6 is 22.7 Å². The van der Waals surface area contributed by atoms with E-state index >= 15 is 0 Å². The molecule has 39 heavy (non-hydrogen) atoms. The zero-order valence-electron chi connectivity index (χ0n) is 21.2. The standard InChI is InChI=1S/C26H25F3N4O4S2/c1-14(2)11-20-21(15-6-7-16(26(27,28)29)18(12-15)37-9-8-36-3)32-25(39-20)33-23-22(24(34)35)31-17(13-30-23)19-5-4-10-38-19/h4-7,10,12-14H,8-9,11H2,1-3H3,(H,34,35)(H,30,32,33). The summed E-state index contributed by atoms with van der Waals surface area (Å²) in [5, 5.41) is 14.9. The molecule has 0 saturated heterocycles. The summed E-state index contributed by atoms with van der Waals surface area (Å²) in [4.78, 5) is 26.7. The van der Waals surface area contributed by atoms with E-state index in [1.165, 1.54) is 48.1 Å². The molecule has 0 saturated carbocycles. The number of thiophene rings is 1. The Bertz CT molecular complexity index is 1440. The molecule has 206 valence electrons. The minimum atomic E-state index is -4.60. The van der Waals surface area contributed by atoms with Crippen molar-refractivity contribution in [3.05, 3.63) is 58.0 Å². The van der Waals surface area contributed by atoms with Crippen LogP contribution in [-0.4, -0.2) is 46.4 Å². The molecule has 0 aliphatic carbocycles. The maximum absolute atomic E-state index is 13.6. The quantitative estimate of drug-likeness (QED) is 0.183. The Morgan fingerprint density at radius 1 is 1.18 bits per heavy atom. The van der Waals surface area contributed by atoms with E-state index in [2.05, 4.69) is 20.3 Å². The van der Waals surface area contributed by atoms with Gasteiger partial charge in [-0.25, -0.2) is 19.7 Å². The number of halogens is 3. The summed E-state index contributed by atoms with van der Waals surface area (Å²) in [6.45, 7) is 4.10. The van der Waals surface area contributed by atoms with Crippen LogP contribution in [0.3, 0.4) is 0 Å². The van der Waals surface area contributed by atoms with Crippen molar-refractivity contribution in [3.63, 3.8) is 0 Å². The molecule has 0 atom stereocenters. The topological polar surface area (TPSA) is 106 Å². The Labute approximate surface area is 230 Å². The number of nitrogens with zero attached hydrogens (tertiary/aromatic N) is 3. The lowest BCUT2D eigenvalue weighted by Crippen LogP contribution is -2.11. The third-order valence-electron chi connectivity index (χ3n) is 5.37. The molecule has 4 aromatic rings. The van der Waals surface area contributed by atoms with Crippen LogP contribution in [0.5, 0.6) is 5.75 Å². The van der Waals surface area contributed by atoms with Gasteiger partial charge in [0, 0.05) is 17.6 Å². The van der Waals surface area contributed by atoms with Gasteiger partial charge in [0.15, 0.2) is 16.6 Å². The second kappa shape index (κ2) is 12.1. The number of nitrogens with one attached hydrogen (secondary N) is 1. The van der Waals surface area contributed by atoms with Gasteiger partial charge in [0.05, 0.1) is 34.6 Å². The van der Waals surface area contributed by atoms with Crippen LogP contribution in [0, 0.1) is 5.92 Å². The normalized spacial score (nSPS) is 11.7. The first-order valence-electron chi connectivity index (χ1n) is 11.8. The van der Waals surface area contributed by atoms with Crippen LogP contribution < -0.4 is 10.1 Å². The molecule has 0 bridgehead atoms. The highest BCUT2D eigenvalue weighted by Gasteiger charge is 2.35. The second-order valence-electron chi connectivity index (χ2n) is 8.80. The molecular formula is C26H25F3N4O4S2. The number of hydrogen-bond donors (Lipinski definition) is 2. The lowest BCUT2D eigenvalue weighted by molar-refractivity contribution is -0.139. The van der Waals surface area contributed by atoms with Gasteiger partial charge in [0.2, 0.25) is 0 Å². The van der Waals surface area contributed by atoms with Crippen molar-refractivity contribution >= 4 is 39.6 Å². The third kappa shape index (κ3) is 6.91. The number of benzene rings is 1. The van der Waals surface area contributed by atoms with Gasteiger partial charge < -0.3 is 19.9 Å². The van der Waals surface area contributed by atoms with Gasteiger partial charge in [-0.2, -0.15) is 13.2 Å². The van der Waals surface area contributed by atoms with Crippen LogP contribution in [0.15, 0.2) is 41.9 Å². The molecule has 8 nitrogen and oxygen atoms in total. The molecule has 0 radical (unpaired) electrons. The third-order valence-corrected chi connectivity index (χ3v) is 7.26. The van der Waals surface area contributed by atoms with Crippen LogP contribution in [-0.2, 0) is 17.3 Å². The highest BCUT2D eigenvalue weighted by molar-refractivity contribution is 7.16. The van der Waals surface area contributed by atoms with Crippen molar-refractivity contribution in [2.75, 3.05) is 25.6 Å². The first kappa shape index (κ1) is 28.5. The van der Waals surface area contributed by atoms with Gasteiger partial charge in [0.1, 0.15) is 12.4 Å². The first-order chi connectivity index (χ1) is 18.6. The van der Waals surface area contributed by atoms with E-state index in [-0.39, 0.29) is 36.4 Å². The Hall–Kier alpha value is -3.55. The highest BCUT2D eigenvalue weighted by atomic mass is 32.1. The summed E-state index contributed by atoms with van der Waals surface area (Å²) >= 11 is 2.68. The van der Waals surface area contributed by atoms with Crippen molar-refractivity contribution in [1.82, 2.24) is 15.0 Å². The maximum atomic E-state index is 13.6. The zero-order valence-corrected chi connectivity index (χ0v) is 22.8. The number of carboxylic acid groups (broad SMARTS) is 1. The number of thiazole rings is 1. The van der Waals surface area contributed by atoms with Crippen molar-refractivity contribution in [2.24, 2.45) is 5.92 Å². The number of ether oxygens (including phenoxy) is 2. The molecule has 2 N–H and O–H groups in total. The molecule has 3 heterocycles. The Kier molecular flexibility index (Phi) is 8.83. The number of aromatic carboxylic acids is 1. The number of hydrogen-bond acceptors (Lipinski definition) is 9. The summed E-state index contributed by atoms with van der Waals surface area (Å²) in [5.74, 6) is -1.35. The summed E-state index contributed by atoms with van der Waals surface area (Å²) < 4.78 is 51.2. The van der Waals surface area contributed by atoms with E-state index in [1.54, 1.807) is 0 Å². The average molecular weight is 579 g/mol. The summed E-state index contributed by atoms with van der Waals surface area (Å²) in [6.07, 6.45) is -2.52. The van der Waals surface area contributed by atoms with E-state index in [4.69, 9.17) is 9.47 Å². The highest BCUT2D eigenvalue weighted by Crippen LogP contribution is 2.41. The lowest BCUT2D eigenvalue weighted by atomic mass is 10.0. The Morgan fingerprint density at radius 3 is 2.62 bits per heavy atom. The maximum Gasteiger partial charge on any atom is 0.419 e. The zero-order chi connectivity index (χ0) is 28.2. The van der Waals surface area contributed by atoms with Gasteiger partial charge >= 0.3 is 12.1 Å². The molecule has 0 aliphatic heterocycles. The molecule has 4 rings (SSSR count). The van der Waals surface area contributed by atoms with Crippen molar-refractivity contribution in [3.8, 4) is 27.6 Å². The molecule has 0 fully saturated rings. The molecule has 0 aliphatic rings. The van der Waals surface area contributed by atoms with E-state index in [0.717, 1.165) is 15.8 Å². The number of carboxylic acids is 1. The number of anilines is 2. The van der Waals surface area contributed by atoms with Gasteiger partial charge in [-0.05, 0) is 35.9 Å². The Balaban J connectivity index is 1.72. The van der Waals surface area contributed by atoms with Crippen LogP contribution in [0.4, 0.5) is 24.1 Å². The number of rotatable bonds is 11. The average Bonchev–Trinajstić information content (AvgIpc) is 3.54. The number of carbonyl (C=O) groups is 1. The van der Waals surface area contributed by atoms with Crippen molar-refractivity contribution in [1.29, 1.82) is 0 Å². The predicted octanol–water partition coefficient (Wildman–Crippen LogP) is 7.01. The van der Waals surface area contributed by atoms with Gasteiger partial charge in [-0.3, -0.25) is 0 Å². The number of aromatic nitrogens is 3. The fourth-order valence-corrected chi connectivity index (χ4v) is 5.55. The second-order valence-corrected chi connectivity index (χ2v) is 10.8. The van der Waals surface area contributed by atoms with E-state index < -0.39 is 17.7 Å². The van der Waals surface area contributed by atoms with Crippen LogP contribution in [0.25, 0.3) is 21.8 Å². The molecule has 3 aromatic heterocycles. The summed E-state index contributed by atoms with van der Waals surface area (Å²) in [5.41, 5.74) is 0.175. The van der Waals surface area contributed by atoms with E-state index in [1.807, 2.05) is 31.4 Å². The lowest BCUT2D eigenvalue weighted by Gasteiger charge is -2.15.